The Bertz CT molecular complexity index is 661. The van der Waals surface area contributed by atoms with Crippen LogP contribution in [0.25, 0.3) is 0 Å². The number of pyridine rings is 1. The van der Waals surface area contributed by atoms with Crippen molar-refractivity contribution in [2.24, 2.45) is 0 Å². The fraction of sp³-hybridized carbons (Fsp3) is 0.200. The van der Waals surface area contributed by atoms with Gasteiger partial charge in [-0.05, 0) is 12.5 Å². The Labute approximate surface area is 138 Å². The molecule has 1 atom stereocenters. The Hall–Kier alpha value is -1.29. The van der Waals surface area contributed by atoms with Crippen LogP contribution in [0, 0.1) is 0 Å². The molecule has 6 heteroatoms. The lowest BCUT2D eigenvalue weighted by Crippen LogP contribution is -2.30. The lowest BCUT2D eigenvalue weighted by Gasteiger charge is -2.25. The molecule has 0 bridgehead atoms. The quantitative estimate of drug-likeness (QED) is 0.796. The van der Waals surface area contributed by atoms with E-state index in [4.69, 9.17) is 34.8 Å². The SMILES string of the molecule is C[C@H](c1ccccc1)N(C)C(=O)c1ncc(Cl)c(Cl)c1Cl. The number of hydrogen-bond donors (Lipinski definition) is 0. The molecule has 1 aromatic carbocycles. The molecule has 1 heterocycles. The van der Waals surface area contributed by atoms with Crippen molar-refractivity contribution in [1.82, 2.24) is 9.88 Å². The molecule has 0 aliphatic carbocycles. The molecule has 21 heavy (non-hydrogen) atoms. The molecule has 0 aliphatic rings. The first-order chi connectivity index (χ1) is 9.93. The second kappa shape index (κ2) is 6.65. The van der Waals surface area contributed by atoms with Crippen molar-refractivity contribution in [1.29, 1.82) is 0 Å². The standard InChI is InChI=1S/C15H13Cl3N2O/c1-9(10-6-4-3-5-7-10)20(2)15(21)14-13(18)12(17)11(16)8-19-14/h3-9H,1-2H3/t9-/m1/s1. The van der Waals surface area contributed by atoms with E-state index in [1.807, 2.05) is 37.3 Å². The van der Waals surface area contributed by atoms with Gasteiger partial charge < -0.3 is 4.90 Å². The molecule has 1 aromatic heterocycles. The molecular weight excluding hydrogens is 331 g/mol. The molecule has 2 rings (SSSR count). The van der Waals surface area contributed by atoms with Gasteiger partial charge in [0.15, 0.2) is 0 Å². The van der Waals surface area contributed by atoms with Gasteiger partial charge >= 0.3 is 0 Å². The Balaban J connectivity index is 2.30. The zero-order valence-corrected chi connectivity index (χ0v) is 13.7. The third-order valence-electron chi connectivity index (χ3n) is 3.30. The highest BCUT2D eigenvalue weighted by molar-refractivity contribution is 6.48. The highest BCUT2D eigenvalue weighted by Crippen LogP contribution is 2.32. The lowest BCUT2D eigenvalue weighted by atomic mass is 10.1. The number of amides is 1. The van der Waals surface area contributed by atoms with Gasteiger partial charge in [0, 0.05) is 13.2 Å². The summed E-state index contributed by atoms with van der Waals surface area (Å²) in [7, 11) is 1.69. The van der Waals surface area contributed by atoms with E-state index in [1.54, 1.807) is 11.9 Å². The summed E-state index contributed by atoms with van der Waals surface area (Å²) in [4.78, 5) is 18.1. The molecule has 0 fully saturated rings. The van der Waals surface area contributed by atoms with Crippen molar-refractivity contribution in [3.63, 3.8) is 0 Å². The molecule has 0 spiro atoms. The van der Waals surface area contributed by atoms with Crippen LogP contribution in [0.15, 0.2) is 36.5 Å². The number of carbonyl (C=O) groups is 1. The van der Waals surface area contributed by atoms with E-state index in [2.05, 4.69) is 4.98 Å². The number of halogens is 3. The molecule has 0 aliphatic heterocycles. The monoisotopic (exact) mass is 342 g/mol. The van der Waals surface area contributed by atoms with Crippen molar-refractivity contribution >= 4 is 40.7 Å². The summed E-state index contributed by atoms with van der Waals surface area (Å²) in [5.74, 6) is -0.310. The Morgan fingerprint density at radius 3 is 2.38 bits per heavy atom. The summed E-state index contributed by atoms with van der Waals surface area (Å²) in [5.41, 5.74) is 1.11. The van der Waals surface area contributed by atoms with Crippen LogP contribution in [0.3, 0.4) is 0 Å². The van der Waals surface area contributed by atoms with Crippen molar-refractivity contribution in [2.45, 2.75) is 13.0 Å². The number of nitrogens with zero attached hydrogens (tertiary/aromatic N) is 2. The molecule has 2 aromatic rings. The summed E-state index contributed by atoms with van der Waals surface area (Å²) in [5, 5.41) is 0.427. The van der Waals surface area contributed by atoms with E-state index >= 15 is 0 Å². The summed E-state index contributed by atoms with van der Waals surface area (Å²) in [6.07, 6.45) is 1.32. The van der Waals surface area contributed by atoms with Crippen molar-refractivity contribution in [3.8, 4) is 0 Å². The number of aromatic nitrogens is 1. The third-order valence-corrected chi connectivity index (χ3v) is 4.54. The van der Waals surface area contributed by atoms with Crippen LogP contribution in [-0.2, 0) is 0 Å². The minimum atomic E-state index is -0.310. The van der Waals surface area contributed by atoms with Gasteiger partial charge in [0.25, 0.3) is 5.91 Å². The van der Waals surface area contributed by atoms with E-state index in [9.17, 15) is 4.79 Å². The van der Waals surface area contributed by atoms with E-state index in [0.717, 1.165) is 5.56 Å². The highest BCUT2D eigenvalue weighted by Gasteiger charge is 2.24. The first-order valence-corrected chi connectivity index (χ1v) is 7.38. The first-order valence-electron chi connectivity index (χ1n) is 6.25. The van der Waals surface area contributed by atoms with Crippen LogP contribution in [0.2, 0.25) is 15.1 Å². The molecule has 0 N–H and O–H groups in total. The van der Waals surface area contributed by atoms with Gasteiger partial charge in [0.05, 0.1) is 21.1 Å². The molecule has 0 radical (unpaired) electrons. The molecule has 3 nitrogen and oxygen atoms in total. The van der Waals surface area contributed by atoms with Gasteiger partial charge in [0.1, 0.15) is 5.69 Å². The summed E-state index contributed by atoms with van der Waals surface area (Å²) >= 11 is 17.8. The zero-order valence-electron chi connectivity index (χ0n) is 11.5. The lowest BCUT2D eigenvalue weighted by molar-refractivity contribution is 0.0737. The fourth-order valence-electron chi connectivity index (χ4n) is 1.89. The summed E-state index contributed by atoms with van der Waals surface area (Å²) < 4.78 is 0. The average molecular weight is 344 g/mol. The Morgan fingerprint density at radius 2 is 1.76 bits per heavy atom. The predicted octanol–water partition coefficient (Wildman–Crippen LogP) is 4.88. The van der Waals surface area contributed by atoms with E-state index < -0.39 is 0 Å². The molecule has 0 saturated carbocycles. The minimum Gasteiger partial charge on any atom is -0.334 e. The Morgan fingerprint density at radius 1 is 1.14 bits per heavy atom. The van der Waals surface area contributed by atoms with Crippen LogP contribution in [-0.4, -0.2) is 22.8 Å². The number of hydrogen-bond acceptors (Lipinski definition) is 2. The van der Waals surface area contributed by atoms with Crippen molar-refractivity contribution < 1.29 is 4.79 Å². The maximum atomic E-state index is 12.5. The second-order valence-electron chi connectivity index (χ2n) is 4.59. The van der Waals surface area contributed by atoms with Gasteiger partial charge in [-0.2, -0.15) is 0 Å². The van der Waals surface area contributed by atoms with Crippen molar-refractivity contribution in [3.05, 3.63) is 62.9 Å². The normalized spacial score (nSPS) is 12.0. The van der Waals surface area contributed by atoms with Crippen LogP contribution in [0.4, 0.5) is 0 Å². The topological polar surface area (TPSA) is 33.2 Å². The van der Waals surface area contributed by atoms with Crippen molar-refractivity contribution in [2.75, 3.05) is 7.05 Å². The van der Waals surface area contributed by atoms with Crippen LogP contribution < -0.4 is 0 Å². The van der Waals surface area contributed by atoms with Crippen LogP contribution in [0.5, 0.6) is 0 Å². The third kappa shape index (κ3) is 3.31. The van der Waals surface area contributed by atoms with E-state index in [0.29, 0.717) is 0 Å². The smallest absolute Gasteiger partial charge is 0.274 e. The van der Waals surface area contributed by atoms with Gasteiger partial charge in [0.2, 0.25) is 0 Å². The fourth-order valence-corrected chi connectivity index (χ4v) is 2.45. The summed E-state index contributed by atoms with van der Waals surface area (Å²) in [6.45, 7) is 1.93. The molecule has 110 valence electrons. The minimum absolute atomic E-state index is 0.0706. The maximum Gasteiger partial charge on any atom is 0.274 e. The zero-order chi connectivity index (χ0) is 15.6. The first kappa shape index (κ1) is 16.1. The Kier molecular flexibility index (Phi) is 5.09. The average Bonchev–Trinajstić information content (AvgIpc) is 2.51. The summed E-state index contributed by atoms with van der Waals surface area (Å²) in [6, 6.07) is 9.57. The number of rotatable bonds is 3. The van der Waals surface area contributed by atoms with Gasteiger partial charge in [-0.1, -0.05) is 65.1 Å². The predicted molar refractivity (Wildman–Crippen MR) is 86.2 cm³/mol. The van der Waals surface area contributed by atoms with Crippen LogP contribution in [0.1, 0.15) is 29.0 Å². The van der Waals surface area contributed by atoms with E-state index in [1.165, 1.54) is 6.20 Å². The number of benzene rings is 1. The maximum absolute atomic E-state index is 12.5. The van der Waals surface area contributed by atoms with Gasteiger partial charge in [-0.25, -0.2) is 4.98 Å². The second-order valence-corrected chi connectivity index (χ2v) is 5.75. The largest absolute Gasteiger partial charge is 0.334 e. The molecular formula is C15H13Cl3N2O. The molecule has 0 unspecified atom stereocenters. The molecule has 0 saturated heterocycles. The highest BCUT2D eigenvalue weighted by atomic mass is 35.5. The van der Waals surface area contributed by atoms with Gasteiger partial charge in [-0.3, -0.25) is 4.79 Å². The van der Waals surface area contributed by atoms with E-state index in [-0.39, 0.29) is 32.7 Å². The van der Waals surface area contributed by atoms with Crippen LogP contribution >= 0.6 is 34.8 Å². The number of carbonyl (C=O) groups excluding carboxylic acids is 1. The molecule has 1 amide bonds. The van der Waals surface area contributed by atoms with Gasteiger partial charge in [-0.15, -0.1) is 0 Å².